The van der Waals surface area contributed by atoms with Gasteiger partial charge >= 0.3 is 11.9 Å². The molecule has 0 radical (unpaired) electrons. The molecular weight excluding hydrogens is 548 g/mol. The second-order valence-electron chi connectivity index (χ2n) is 7.59. The lowest BCUT2D eigenvalue weighted by Crippen LogP contribution is -2.71. The second kappa shape index (κ2) is 10.3. The van der Waals surface area contributed by atoms with E-state index in [-0.39, 0.29) is 50.4 Å². The number of nitrogens with one attached hydrogen (secondary N) is 1. The minimum Gasteiger partial charge on any atom is -0.477 e. The zero-order valence-corrected chi connectivity index (χ0v) is 21.6. The molecule has 0 aromatic carbocycles. The summed E-state index contributed by atoms with van der Waals surface area (Å²) in [4.78, 5) is 63.2. The van der Waals surface area contributed by atoms with Gasteiger partial charge in [0.1, 0.15) is 29.9 Å². The SMILES string of the molecule is CO/N=C(\C(=O)N[C@@H]1C(=O)N2C(C(=O)O)=C(CSc3nc(N)c(C(=O)O)n3C)CS[C@H]12)c1csc(N)n1. The molecule has 7 N–H and O–H groups in total. The van der Waals surface area contributed by atoms with Crippen molar-refractivity contribution in [2.75, 3.05) is 30.1 Å². The van der Waals surface area contributed by atoms with Gasteiger partial charge in [-0.3, -0.25) is 14.5 Å². The fourth-order valence-corrected chi connectivity index (χ4v) is 6.74. The summed E-state index contributed by atoms with van der Waals surface area (Å²) in [6.45, 7) is 0. The topological polar surface area (TPSA) is 228 Å². The zero-order valence-electron chi connectivity index (χ0n) is 19.2. The maximum absolute atomic E-state index is 13.0. The molecule has 0 aliphatic carbocycles. The number of hydrogen-bond donors (Lipinski definition) is 5. The molecule has 2 aromatic rings. The fraction of sp³-hybridized carbons (Fsp3) is 0.316. The molecule has 18 heteroatoms. The number of aromatic carboxylic acids is 1. The number of β-lactam (4-membered cyclic amide) rings is 1. The lowest BCUT2D eigenvalue weighted by molar-refractivity contribution is -0.150. The van der Waals surface area contributed by atoms with E-state index in [9.17, 15) is 29.4 Å². The number of carbonyl (C=O) groups excluding carboxylic acids is 2. The molecule has 1 fully saturated rings. The van der Waals surface area contributed by atoms with Crippen molar-refractivity contribution >= 4 is 75.3 Å². The number of aromatic nitrogens is 3. The summed E-state index contributed by atoms with van der Waals surface area (Å²) in [6, 6.07) is -0.994. The summed E-state index contributed by atoms with van der Waals surface area (Å²) in [5.41, 5.74) is 11.4. The molecule has 2 aromatic heterocycles. The number of imidazole rings is 1. The minimum absolute atomic E-state index is 0.126. The molecule has 2 aliphatic heterocycles. The Labute approximate surface area is 220 Å². The van der Waals surface area contributed by atoms with Crippen LogP contribution < -0.4 is 16.8 Å². The standard InChI is InChI=1S/C19H20N8O7S3/c1-26-11(17(32)33)12(20)24-19(26)37-4-6-3-35-15-9(14(29)27(15)10(6)16(30)31)23-13(28)8(25-34-2)7-5-36-18(21)22-7/h5,9,15H,3-4,20H2,1-2H3,(H2,21,22)(H,23,28)(H,30,31)(H,32,33)/b25-8-/t9-,15-/m1/s1. The number of carboxylic acids is 2. The van der Waals surface area contributed by atoms with Crippen molar-refractivity contribution in [2.24, 2.45) is 12.2 Å². The van der Waals surface area contributed by atoms with E-state index in [1.54, 1.807) is 0 Å². The van der Waals surface area contributed by atoms with Gasteiger partial charge in [0, 0.05) is 23.9 Å². The van der Waals surface area contributed by atoms with E-state index in [0.717, 1.165) is 28.0 Å². The number of fused-ring (bicyclic) bond motifs is 1. The van der Waals surface area contributed by atoms with Crippen LogP contribution in [0, 0.1) is 0 Å². The lowest BCUT2D eigenvalue weighted by Gasteiger charge is -2.49. The highest BCUT2D eigenvalue weighted by molar-refractivity contribution is 8.01. The van der Waals surface area contributed by atoms with Crippen molar-refractivity contribution in [3.05, 3.63) is 28.0 Å². The first-order valence-electron chi connectivity index (χ1n) is 10.3. The first-order chi connectivity index (χ1) is 17.5. The Kier molecular flexibility index (Phi) is 7.32. The highest BCUT2D eigenvalue weighted by Gasteiger charge is 2.54. The number of rotatable bonds is 9. The molecule has 196 valence electrons. The van der Waals surface area contributed by atoms with Crippen LogP contribution >= 0.6 is 34.9 Å². The molecule has 0 bridgehead atoms. The number of nitrogens with two attached hydrogens (primary N) is 2. The average molecular weight is 569 g/mol. The number of thiazole rings is 1. The van der Waals surface area contributed by atoms with Gasteiger partial charge in [0.05, 0.1) is 0 Å². The number of thioether (sulfide) groups is 2. The van der Waals surface area contributed by atoms with E-state index >= 15 is 0 Å². The smallest absolute Gasteiger partial charge is 0.356 e. The number of anilines is 2. The molecule has 15 nitrogen and oxygen atoms in total. The van der Waals surface area contributed by atoms with Crippen LogP contribution in [0.25, 0.3) is 0 Å². The molecule has 0 spiro atoms. The number of hydrogen-bond acceptors (Lipinski definition) is 13. The van der Waals surface area contributed by atoms with E-state index in [1.165, 1.54) is 35.9 Å². The molecule has 2 aliphatic rings. The molecule has 0 unspecified atom stereocenters. The van der Waals surface area contributed by atoms with Crippen LogP contribution in [0.15, 0.2) is 27.0 Å². The molecule has 4 heterocycles. The normalized spacial score (nSPS) is 19.4. The van der Waals surface area contributed by atoms with E-state index in [2.05, 4.69) is 20.4 Å². The summed E-state index contributed by atoms with van der Waals surface area (Å²) in [6.07, 6.45) is 0. The van der Waals surface area contributed by atoms with Gasteiger partial charge in [0.25, 0.3) is 11.8 Å². The van der Waals surface area contributed by atoms with Gasteiger partial charge in [-0.25, -0.2) is 19.6 Å². The van der Waals surface area contributed by atoms with Crippen LogP contribution in [0.1, 0.15) is 16.2 Å². The molecule has 2 atom stereocenters. The lowest BCUT2D eigenvalue weighted by atomic mass is 10.0. The maximum atomic E-state index is 13.0. The van der Waals surface area contributed by atoms with Crippen molar-refractivity contribution in [1.29, 1.82) is 0 Å². The molecule has 0 saturated carbocycles. The van der Waals surface area contributed by atoms with E-state index in [0.29, 0.717) is 5.57 Å². The first-order valence-corrected chi connectivity index (χ1v) is 13.2. The molecule has 2 amide bonds. The number of nitrogen functional groups attached to an aromatic ring is 2. The Hall–Kier alpha value is -3.77. The highest BCUT2D eigenvalue weighted by atomic mass is 32.2. The third-order valence-electron chi connectivity index (χ3n) is 5.36. The van der Waals surface area contributed by atoms with Gasteiger partial charge in [-0.2, -0.15) is 0 Å². The third kappa shape index (κ3) is 4.81. The number of carboxylic acid groups (broad SMARTS) is 2. The van der Waals surface area contributed by atoms with Crippen LogP contribution in [-0.4, -0.2) is 89.1 Å². The first kappa shape index (κ1) is 26.3. The van der Waals surface area contributed by atoms with Gasteiger partial charge in [-0.1, -0.05) is 16.9 Å². The van der Waals surface area contributed by atoms with Crippen LogP contribution in [0.3, 0.4) is 0 Å². The Morgan fingerprint density at radius 1 is 1.30 bits per heavy atom. The summed E-state index contributed by atoms with van der Waals surface area (Å²) >= 11 is 3.48. The Balaban J connectivity index is 1.50. The Morgan fingerprint density at radius 3 is 2.59 bits per heavy atom. The van der Waals surface area contributed by atoms with Crippen LogP contribution in [0.4, 0.5) is 10.9 Å². The number of carbonyl (C=O) groups is 4. The Bertz CT molecular complexity index is 1370. The van der Waals surface area contributed by atoms with Crippen molar-refractivity contribution in [2.45, 2.75) is 16.6 Å². The van der Waals surface area contributed by atoms with Gasteiger partial charge in [-0.05, 0) is 5.57 Å². The van der Waals surface area contributed by atoms with Gasteiger partial charge in [0.15, 0.2) is 27.5 Å². The monoisotopic (exact) mass is 568 g/mol. The van der Waals surface area contributed by atoms with Gasteiger partial charge < -0.3 is 36.4 Å². The van der Waals surface area contributed by atoms with Gasteiger partial charge in [-0.15, -0.1) is 23.1 Å². The van der Waals surface area contributed by atoms with Crippen molar-refractivity contribution in [3.63, 3.8) is 0 Å². The summed E-state index contributed by atoms with van der Waals surface area (Å²) in [5.74, 6) is -3.65. The zero-order chi connectivity index (χ0) is 27.0. The van der Waals surface area contributed by atoms with Gasteiger partial charge in [0.2, 0.25) is 0 Å². The summed E-state index contributed by atoms with van der Waals surface area (Å²) in [7, 11) is 2.74. The molecular formula is C19H20N8O7S3. The van der Waals surface area contributed by atoms with E-state index in [1.807, 2.05) is 0 Å². The van der Waals surface area contributed by atoms with Crippen molar-refractivity contribution in [1.82, 2.24) is 24.8 Å². The molecule has 37 heavy (non-hydrogen) atoms. The average Bonchev–Trinajstić information content (AvgIpc) is 3.40. The highest BCUT2D eigenvalue weighted by Crippen LogP contribution is 2.41. The van der Waals surface area contributed by atoms with Crippen LogP contribution in [0.5, 0.6) is 0 Å². The number of aliphatic carboxylic acids is 1. The summed E-state index contributed by atoms with van der Waals surface area (Å²) < 4.78 is 1.30. The fourth-order valence-electron chi connectivity index (χ4n) is 3.73. The summed E-state index contributed by atoms with van der Waals surface area (Å²) in [5, 5.41) is 26.8. The number of amides is 2. The maximum Gasteiger partial charge on any atom is 0.356 e. The number of oxime groups is 1. The minimum atomic E-state index is -1.30. The number of nitrogens with zero attached hydrogens (tertiary/aromatic N) is 5. The second-order valence-corrected chi connectivity index (χ2v) is 10.5. The van der Waals surface area contributed by atoms with E-state index < -0.39 is 35.2 Å². The van der Waals surface area contributed by atoms with Crippen LogP contribution in [0.2, 0.25) is 0 Å². The van der Waals surface area contributed by atoms with E-state index in [4.69, 9.17) is 16.3 Å². The predicted molar refractivity (Wildman–Crippen MR) is 135 cm³/mol. The molecule has 4 rings (SSSR count). The van der Waals surface area contributed by atoms with Crippen molar-refractivity contribution < 1.29 is 34.2 Å². The third-order valence-corrected chi connectivity index (χ3v) is 8.49. The molecule has 1 saturated heterocycles. The largest absolute Gasteiger partial charge is 0.477 e. The van der Waals surface area contributed by atoms with Crippen molar-refractivity contribution in [3.8, 4) is 0 Å². The van der Waals surface area contributed by atoms with Crippen LogP contribution in [-0.2, 0) is 26.3 Å². The Morgan fingerprint density at radius 2 is 2.03 bits per heavy atom. The predicted octanol–water partition coefficient (Wildman–Crippen LogP) is -0.379. The quantitative estimate of drug-likeness (QED) is 0.113.